The molecule has 7 heteroatoms. The van der Waals surface area contributed by atoms with E-state index < -0.39 is 22.0 Å². The SMILES string of the molecule is CCCOC(=O)[C@H](CCSC)NS(=O)(=O)Cc1ccccc1. The van der Waals surface area contributed by atoms with Crippen LogP contribution in [0, 0.1) is 0 Å². The Hall–Kier alpha value is -1.05. The minimum Gasteiger partial charge on any atom is -0.465 e. The number of ether oxygens (including phenoxy) is 1. The molecule has 0 heterocycles. The van der Waals surface area contributed by atoms with E-state index in [1.54, 1.807) is 36.0 Å². The standard InChI is InChI=1S/C15H23NO4S2/c1-3-10-20-15(17)14(9-11-21-2)16-22(18,19)12-13-7-5-4-6-8-13/h4-8,14,16H,3,9-12H2,1-2H3/t14-/m0/s1. The van der Waals surface area contributed by atoms with Gasteiger partial charge in [-0.25, -0.2) is 13.1 Å². The second-order valence-corrected chi connectivity index (χ2v) is 7.60. The van der Waals surface area contributed by atoms with Gasteiger partial charge in [0.1, 0.15) is 6.04 Å². The molecular weight excluding hydrogens is 322 g/mol. The molecule has 5 nitrogen and oxygen atoms in total. The average Bonchev–Trinajstić information content (AvgIpc) is 2.49. The maximum Gasteiger partial charge on any atom is 0.324 e. The highest BCUT2D eigenvalue weighted by Crippen LogP contribution is 2.09. The van der Waals surface area contributed by atoms with Crippen molar-refractivity contribution >= 4 is 27.8 Å². The zero-order valence-electron chi connectivity index (χ0n) is 12.9. The molecule has 0 aromatic heterocycles. The number of nitrogens with one attached hydrogen (secondary N) is 1. The van der Waals surface area contributed by atoms with Gasteiger partial charge in [0, 0.05) is 0 Å². The van der Waals surface area contributed by atoms with Crippen molar-refractivity contribution < 1.29 is 17.9 Å². The number of esters is 1. The maximum absolute atomic E-state index is 12.2. The van der Waals surface area contributed by atoms with Gasteiger partial charge < -0.3 is 4.74 Å². The van der Waals surface area contributed by atoms with Crippen molar-refractivity contribution in [2.45, 2.75) is 31.6 Å². The monoisotopic (exact) mass is 345 g/mol. The van der Waals surface area contributed by atoms with Gasteiger partial charge in [0.05, 0.1) is 12.4 Å². The van der Waals surface area contributed by atoms with Gasteiger partial charge in [0.25, 0.3) is 0 Å². The highest BCUT2D eigenvalue weighted by molar-refractivity contribution is 7.98. The summed E-state index contributed by atoms with van der Waals surface area (Å²) in [6.07, 6.45) is 3.03. The summed E-state index contributed by atoms with van der Waals surface area (Å²) in [7, 11) is -3.59. The van der Waals surface area contributed by atoms with E-state index in [9.17, 15) is 13.2 Å². The first-order valence-electron chi connectivity index (χ1n) is 7.18. The van der Waals surface area contributed by atoms with E-state index in [-0.39, 0.29) is 5.75 Å². The summed E-state index contributed by atoms with van der Waals surface area (Å²) in [5.74, 6) is 0.0252. The Kier molecular flexibility index (Phi) is 8.52. The number of benzene rings is 1. The van der Waals surface area contributed by atoms with Crippen LogP contribution in [0.2, 0.25) is 0 Å². The van der Waals surface area contributed by atoms with E-state index in [2.05, 4.69) is 4.72 Å². The molecule has 0 fully saturated rings. The number of rotatable bonds is 10. The van der Waals surface area contributed by atoms with Crippen LogP contribution in [0.3, 0.4) is 0 Å². The first-order chi connectivity index (χ1) is 10.5. The Morgan fingerprint density at radius 2 is 2.00 bits per heavy atom. The van der Waals surface area contributed by atoms with Gasteiger partial charge >= 0.3 is 5.97 Å². The van der Waals surface area contributed by atoms with Crippen molar-refractivity contribution in [1.29, 1.82) is 0 Å². The molecule has 0 aliphatic carbocycles. The molecule has 0 aliphatic heterocycles. The van der Waals surface area contributed by atoms with Crippen LogP contribution in [-0.4, -0.2) is 39.0 Å². The third kappa shape index (κ3) is 7.29. The molecule has 0 bridgehead atoms. The Bertz CT molecular complexity index is 546. The minimum absolute atomic E-state index is 0.148. The Balaban J connectivity index is 2.71. The molecule has 22 heavy (non-hydrogen) atoms. The molecule has 1 aromatic carbocycles. The van der Waals surface area contributed by atoms with E-state index in [1.165, 1.54) is 0 Å². The van der Waals surface area contributed by atoms with E-state index in [4.69, 9.17) is 4.74 Å². The minimum atomic E-state index is -3.59. The summed E-state index contributed by atoms with van der Waals surface area (Å²) in [5, 5.41) is 0. The van der Waals surface area contributed by atoms with Crippen LogP contribution < -0.4 is 4.72 Å². The van der Waals surface area contributed by atoms with E-state index in [0.717, 1.165) is 0 Å². The van der Waals surface area contributed by atoms with Crippen LogP contribution in [0.25, 0.3) is 0 Å². The van der Waals surface area contributed by atoms with Crippen LogP contribution >= 0.6 is 11.8 Å². The molecule has 1 N–H and O–H groups in total. The molecule has 0 radical (unpaired) electrons. The number of thioether (sulfide) groups is 1. The lowest BCUT2D eigenvalue weighted by Crippen LogP contribution is -2.42. The molecule has 0 spiro atoms. The van der Waals surface area contributed by atoms with Gasteiger partial charge in [-0.3, -0.25) is 4.79 Å². The topological polar surface area (TPSA) is 72.5 Å². The summed E-state index contributed by atoms with van der Waals surface area (Å²) in [6, 6.07) is 8.05. The lowest BCUT2D eigenvalue weighted by Gasteiger charge is -2.17. The zero-order valence-corrected chi connectivity index (χ0v) is 14.6. The molecule has 1 rings (SSSR count). The Morgan fingerprint density at radius 1 is 1.32 bits per heavy atom. The summed E-state index contributed by atoms with van der Waals surface area (Å²) in [5.41, 5.74) is 0.681. The molecule has 0 saturated heterocycles. The van der Waals surface area contributed by atoms with Gasteiger partial charge in [-0.15, -0.1) is 0 Å². The molecule has 0 saturated carbocycles. The second kappa shape index (κ2) is 9.86. The predicted molar refractivity (Wildman–Crippen MR) is 90.2 cm³/mol. The van der Waals surface area contributed by atoms with Crippen molar-refractivity contribution in [1.82, 2.24) is 4.72 Å². The third-order valence-corrected chi connectivity index (χ3v) is 4.87. The smallest absolute Gasteiger partial charge is 0.324 e. The summed E-state index contributed by atoms with van der Waals surface area (Å²) >= 11 is 1.56. The fourth-order valence-corrected chi connectivity index (χ4v) is 3.65. The molecule has 1 aromatic rings. The third-order valence-electron chi connectivity index (χ3n) is 2.86. The number of carbonyl (C=O) groups excluding carboxylic acids is 1. The quantitative estimate of drug-likeness (QED) is 0.658. The molecule has 0 aliphatic rings. The van der Waals surface area contributed by atoms with Gasteiger partial charge in [-0.1, -0.05) is 37.3 Å². The van der Waals surface area contributed by atoms with Crippen molar-refractivity contribution in [3.05, 3.63) is 35.9 Å². The highest BCUT2D eigenvalue weighted by atomic mass is 32.2. The molecule has 0 amide bonds. The van der Waals surface area contributed by atoms with Crippen LogP contribution in [0.4, 0.5) is 0 Å². The van der Waals surface area contributed by atoms with Crippen LogP contribution in [0.5, 0.6) is 0 Å². The summed E-state index contributed by atoms with van der Waals surface area (Å²) in [4.78, 5) is 12.0. The largest absolute Gasteiger partial charge is 0.465 e. The van der Waals surface area contributed by atoms with E-state index in [0.29, 0.717) is 30.8 Å². The van der Waals surface area contributed by atoms with E-state index >= 15 is 0 Å². The lowest BCUT2D eigenvalue weighted by molar-refractivity contribution is -0.145. The number of hydrogen-bond donors (Lipinski definition) is 1. The van der Waals surface area contributed by atoms with Crippen molar-refractivity contribution in [3.8, 4) is 0 Å². The van der Waals surface area contributed by atoms with Crippen molar-refractivity contribution in [3.63, 3.8) is 0 Å². The number of hydrogen-bond acceptors (Lipinski definition) is 5. The normalized spacial score (nSPS) is 12.8. The van der Waals surface area contributed by atoms with E-state index in [1.807, 2.05) is 19.2 Å². The fourth-order valence-electron chi connectivity index (χ4n) is 1.82. The van der Waals surface area contributed by atoms with Crippen molar-refractivity contribution in [2.24, 2.45) is 0 Å². The first-order valence-corrected chi connectivity index (χ1v) is 10.2. The van der Waals surface area contributed by atoms with Crippen LogP contribution in [-0.2, 0) is 25.3 Å². The second-order valence-electron chi connectivity index (χ2n) is 4.86. The lowest BCUT2D eigenvalue weighted by atomic mass is 10.2. The van der Waals surface area contributed by atoms with Crippen LogP contribution in [0.1, 0.15) is 25.3 Å². The average molecular weight is 345 g/mol. The summed E-state index contributed by atoms with van der Waals surface area (Å²) in [6.45, 7) is 2.19. The van der Waals surface area contributed by atoms with Gasteiger partial charge in [0.15, 0.2) is 0 Å². The fraction of sp³-hybridized carbons (Fsp3) is 0.533. The highest BCUT2D eigenvalue weighted by Gasteiger charge is 2.25. The van der Waals surface area contributed by atoms with Crippen molar-refractivity contribution in [2.75, 3.05) is 18.6 Å². The van der Waals surface area contributed by atoms with Gasteiger partial charge in [-0.05, 0) is 30.4 Å². The predicted octanol–water partition coefficient (Wildman–Crippen LogP) is 2.18. The molecule has 124 valence electrons. The number of carbonyl (C=O) groups is 1. The zero-order chi connectivity index (χ0) is 16.4. The molecule has 1 atom stereocenters. The maximum atomic E-state index is 12.2. The first kappa shape index (κ1) is 19.0. The number of sulfonamides is 1. The Morgan fingerprint density at radius 3 is 2.59 bits per heavy atom. The molecular formula is C15H23NO4S2. The van der Waals surface area contributed by atoms with Gasteiger partial charge in [0.2, 0.25) is 10.0 Å². The van der Waals surface area contributed by atoms with Crippen LogP contribution in [0.15, 0.2) is 30.3 Å². The Labute approximate surface area is 136 Å². The molecule has 0 unspecified atom stereocenters. The van der Waals surface area contributed by atoms with Gasteiger partial charge in [-0.2, -0.15) is 11.8 Å². The summed E-state index contributed by atoms with van der Waals surface area (Å²) < 4.78 is 32.0.